The van der Waals surface area contributed by atoms with Gasteiger partial charge in [0, 0.05) is 29.9 Å². The first-order valence-corrected chi connectivity index (χ1v) is 10.5. The fourth-order valence-corrected chi connectivity index (χ4v) is 5.03. The van der Waals surface area contributed by atoms with Crippen LogP contribution in [-0.4, -0.2) is 51.6 Å². The van der Waals surface area contributed by atoms with E-state index in [1.165, 1.54) is 16.8 Å². The van der Waals surface area contributed by atoms with Crippen molar-refractivity contribution in [1.29, 1.82) is 0 Å². The van der Waals surface area contributed by atoms with E-state index in [0.717, 1.165) is 5.69 Å². The summed E-state index contributed by atoms with van der Waals surface area (Å²) in [6.07, 6.45) is -1.82. The van der Waals surface area contributed by atoms with Gasteiger partial charge in [-0.2, -0.15) is 0 Å². The molecule has 0 atom stereocenters. The largest absolute Gasteiger partial charge is 0.522 e. The van der Waals surface area contributed by atoms with Crippen LogP contribution < -0.4 is 5.32 Å². The number of halogens is 5. The number of carbonyl (C=O) groups is 1. The predicted molar refractivity (Wildman–Crippen MR) is 103 cm³/mol. The normalized spacial score (nSPS) is 30.8. The highest BCUT2D eigenvalue weighted by atomic mass is 35.5. The summed E-state index contributed by atoms with van der Waals surface area (Å²) >= 11 is 5.71. The second-order valence-corrected chi connectivity index (χ2v) is 9.28. The summed E-state index contributed by atoms with van der Waals surface area (Å²) in [4.78, 5) is 12.2. The van der Waals surface area contributed by atoms with Crippen LogP contribution in [0.25, 0.3) is 5.69 Å². The van der Waals surface area contributed by atoms with Crippen molar-refractivity contribution in [2.75, 3.05) is 6.61 Å². The van der Waals surface area contributed by atoms with Gasteiger partial charge in [0.05, 0.1) is 34.8 Å². The van der Waals surface area contributed by atoms with Crippen molar-refractivity contribution in [2.24, 2.45) is 0 Å². The monoisotopic (exact) mass is 474 g/mol. The SMILES string of the molecule is O=C(CO[C@H]1C[C@@H](OC(F)(F)F)C1)NC12CC(c3cn(-c4ccc(Cl)c(F)c4)nn3)(C1)C2. The molecular weight excluding hydrogens is 456 g/mol. The van der Waals surface area contributed by atoms with E-state index in [0.29, 0.717) is 24.9 Å². The lowest BCUT2D eigenvalue weighted by atomic mass is 9.38. The van der Waals surface area contributed by atoms with Crippen molar-refractivity contribution in [3.8, 4) is 5.69 Å². The van der Waals surface area contributed by atoms with Gasteiger partial charge in [0.25, 0.3) is 0 Å². The minimum absolute atomic E-state index is 0.0296. The smallest absolute Gasteiger partial charge is 0.368 e. The molecule has 4 fully saturated rings. The van der Waals surface area contributed by atoms with Gasteiger partial charge >= 0.3 is 6.36 Å². The molecule has 12 heteroatoms. The van der Waals surface area contributed by atoms with E-state index in [4.69, 9.17) is 16.3 Å². The molecule has 172 valence electrons. The highest BCUT2D eigenvalue weighted by Gasteiger charge is 2.70. The number of amides is 1. The van der Waals surface area contributed by atoms with Crippen LogP contribution in [0.5, 0.6) is 0 Å². The predicted octanol–water partition coefficient (Wildman–Crippen LogP) is 3.43. The number of nitrogens with one attached hydrogen (secondary N) is 1. The summed E-state index contributed by atoms with van der Waals surface area (Å²) < 4.78 is 60.8. The fourth-order valence-electron chi connectivity index (χ4n) is 4.92. The second-order valence-electron chi connectivity index (χ2n) is 8.88. The number of carbonyl (C=O) groups excluding carboxylic acids is 1. The number of hydrogen-bond acceptors (Lipinski definition) is 5. The molecule has 1 aromatic heterocycles. The maximum Gasteiger partial charge on any atom is 0.522 e. The lowest BCUT2D eigenvalue weighted by Crippen LogP contribution is -2.77. The van der Waals surface area contributed by atoms with Crippen LogP contribution in [0, 0.1) is 5.82 Å². The summed E-state index contributed by atoms with van der Waals surface area (Å²) in [6, 6.07) is 4.38. The summed E-state index contributed by atoms with van der Waals surface area (Å²) in [5.41, 5.74) is 0.827. The molecule has 2 bridgehead atoms. The molecule has 4 aliphatic rings. The first-order valence-electron chi connectivity index (χ1n) is 10.1. The first-order chi connectivity index (χ1) is 15.0. The van der Waals surface area contributed by atoms with E-state index in [9.17, 15) is 22.4 Å². The molecule has 32 heavy (non-hydrogen) atoms. The van der Waals surface area contributed by atoms with Crippen molar-refractivity contribution in [3.63, 3.8) is 0 Å². The Kier molecular flexibility index (Phi) is 4.99. The Bertz CT molecular complexity index is 1030. The molecule has 1 amide bonds. The van der Waals surface area contributed by atoms with Crippen LogP contribution in [0.4, 0.5) is 17.6 Å². The molecule has 2 aromatic rings. The van der Waals surface area contributed by atoms with Gasteiger partial charge < -0.3 is 10.1 Å². The summed E-state index contributed by atoms with van der Waals surface area (Å²) in [6.45, 7) is -0.198. The van der Waals surface area contributed by atoms with E-state index in [1.54, 1.807) is 12.3 Å². The molecule has 6 rings (SSSR count). The standard InChI is InChI=1S/C20H19ClF4N4O3/c21-14-2-1-11(3-15(14)22)29-6-16(27-28-29)18-8-19(9-18,10-18)26-17(30)7-31-12-4-13(5-12)32-20(23,24)25/h1-3,6,12-13H,4-5,7-10H2,(H,26,30)/t12-,13+,18?,19?. The van der Waals surface area contributed by atoms with Crippen molar-refractivity contribution < 1.29 is 31.8 Å². The van der Waals surface area contributed by atoms with Crippen LogP contribution in [0.3, 0.4) is 0 Å². The molecule has 0 unspecified atom stereocenters. The van der Waals surface area contributed by atoms with Crippen molar-refractivity contribution in [1.82, 2.24) is 20.3 Å². The lowest BCUT2D eigenvalue weighted by molar-refractivity contribution is -0.357. The Morgan fingerprint density at radius 3 is 2.62 bits per heavy atom. The number of rotatable bonds is 7. The molecule has 0 saturated heterocycles. The molecule has 7 nitrogen and oxygen atoms in total. The maximum absolute atomic E-state index is 13.7. The van der Waals surface area contributed by atoms with Gasteiger partial charge in [-0.3, -0.25) is 9.53 Å². The highest BCUT2D eigenvalue weighted by molar-refractivity contribution is 6.30. The van der Waals surface area contributed by atoms with Gasteiger partial charge in [-0.1, -0.05) is 16.8 Å². The third-order valence-corrected chi connectivity index (χ3v) is 6.75. The second kappa shape index (κ2) is 7.39. The quantitative estimate of drug-likeness (QED) is 0.622. The van der Waals surface area contributed by atoms with E-state index in [1.807, 2.05) is 0 Å². The third-order valence-electron chi connectivity index (χ3n) is 6.44. The van der Waals surface area contributed by atoms with E-state index in [2.05, 4.69) is 20.4 Å². The number of ether oxygens (including phenoxy) is 2. The average Bonchev–Trinajstić information content (AvgIpc) is 3.10. The number of nitrogens with zero attached hydrogens (tertiary/aromatic N) is 3. The molecule has 0 aliphatic heterocycles. The van der Waals surface area contributed by atoms with Gasteiger partial charge in [0.1, 0.15) is 12.4 Å². The Morgan fingerprint density at radius 2 is 1.97 bits per heavy atom. The Morgan fingerprint density at radius 1 is 1.25 bits per heavy atom. The van der Waals surface area contributed by atoms with Gasteiger partial charge in [0.15, 0.2) is 0 Å². The number of alkyl halides is 3. The Labute approximate surface area is 185 Å². The zero-order chi connectivity index (χ0) is 22.7. The molecule has 4 aliphatic carbocycles. The number of benzene rings is 1. The summed E-state index contributed by atoms with van der Waals surface area (Å²) in [5.74, 6) is -0.834. The van der Waals surface area contributed by atoms with Gasteiger partial charge in [-0.05, 0) is 31.4 Å². The minimum Gasteiger partial charge on any atom is -0.368 e. The molecular formula is C20H19ClF4N4O3. The van der Waals surface area contributed by atoms with E-state index < -0.39 is 24.4 Å². The molecule has 1 heterocycles. The summed E-state index contributed by atoms with van der Waals surface area (Å²) in [7, 11) is 0. The molecule has 0 spiro atoms. The zero-order valence-electron chi connectivity index (χ0n) is 16.7. The van der Waals surface area contributed by atoms with Crippen molar-refractivity contribution >= 4 is 17.5 Å². The zero-order valence-corrected chi connectivity index (χ0v) is 17.4. The van der Waals surface area contributed by atoms with Crippen molar-refractivity contribution in [2.45, 2.75) is 61.6 Å². The molecule has 0 radical (unpaired) electrons. The van der Waals surface area contributed by atoms with E-state index >= 15 is 0 Å². The van der Waals surface area contributed by atoms with Crippen molar-refractivity contribution in [3.05, 3.63) is 40.9 Å². The van der Waals surface area contributed by atoms with E-state index in [-0.39, 0.29) is 41.3 Å². The summed E-state index contributed by atoms with van der Waals surface area (Å²) in [5, 5.41) is 11.3. The molecule has 1 N–H and O–H groups in total. The maximum atomic E-state index is 13.7. The van der Waals surface area contributed by atoms with Crippen LogP contribution in [0.2, 0.25) is 5.02 Å². The Hall–Kier alpha value is -2.24. The topological polar surface area (TPSA) is 78.3 Å². The highest BCUT2D eigenvalue weighted by Crippen LogP contribution is 2.67. The van der Waals surface area contributed by atoms with Crippen LogP contribution in [0.15, 0.2) is 24.4 Å². The molecule has 1 aromatic carbocycles. The fraction of sp³-hybridized carbons (Fsp3) is 0.550. The lowest BCUT2D eigenvalue weighted by Gasteiger charge is -2.69. The van der Waals surface area contributed by atoms with Crippen LogP contribution >= 0.6 is 11.6 Å². The van der Waals surface area contributed by atoms with Gasteiger partial charge in [-0.15, -0.1) is 18.3 Å². The number of hydrogen-bond donors (Lipinski definition) is 1. The van der Waals surface area contributed by atoms with Crippen LogP contribution in [0.1, 0.15) is 37.8 Å². The van der Waals surface area contributed by atoms with Gasteiger partial charge in [-0.25, -0.2) is 9.07 Å². The molecule has 4 saturated carbocycles. The minimum atomic E-state index is -4.65. The average molecular weight is 475 g/mol. The first kappa shape index (κ1) is 21.6. The van der Waals surface area contributed by atoms with Gasteiger partial charge in [0.2, 0.25) is 5.91 Å². The Balaban J connectivity index is 1.08. The third kappa shape index (κ3) is 3.97. The van der Waals surface area contributed by atoms with Crippen LogP contribution in [-0.2, 0) is 19.7 Å². The number of aromatic nitrogens is 3.